The molecule has 0 saturated carbocycles. The zero-order valence-electron chi connectivity index (χ0n) is 16.4. The van der Waals surface area contributed by atoms with Gasteiger partial charge in [-0.1, -0.05) is 23.7 Å². The predicted octanol–water partition coefficient (Wildman–Crippen LogP) is 5.09. The molecule has 1 heterocycles. The van der Waals surface area contributed by atoms with Gasteiger partial charge in [-0.15, -0.1) is 0 Å². The predicted molar refractivity (Wildman–Crippen MR) is 110 cm³/mol. The van der Waals surface area contributed by atoms with E-state index in [1.165, 1.54) is 6.92 Å². The molecule has 146 valence electrons. The third-order valence-electron chi connectivity index (χ3n) is 4.63. The van der Waals surface area contributed by atoms with Gasteiger partial charge in [0.25, 0.3) is 0 Å². The molecule has 0 aliphatic carbocycles. The number of halogens is 1. The molecule has 28 heavy (non-hydrogen) atoms. The Hall–Kier alpha value is -2.63. The Morgan fingerprint density at radius 2 is 1.86 bits per heavy atom. The van der Waals surface area contributed by atoms with Crippen LogP contribution in [0, 0.1) is 0 Å². The van der Waals surface area contributed by atoms with Crippen molar-refractivity contribution < 1.29 is 14.3 Å². The highest BCUT2D eigenvalue weighted by Gasteiger charge is 2.25. The number of hydrogen-bond donors (Lipinski definition) is 0. The molecule has 3 rings (SSSR count). The van der Waals surface area contributed by atoms with Gasteiger partial charge >= 0.3 is 0 Å². The summed E-state index contributed by atoms with van der Waals surface area (Å²) in [7, 11) is 1.64. The number of ether oxygens (including phenoxy) is 2. The SMILES string of the molecule is COc1cccc(-c2cc(COC(C)(C)C(C)=O)nn2-c2ccc(Cl)cc2)c1. The molecule has 0 amide bonds. The Morgan fingerprint density at radius 3 is 2.50 bits per heavy atom. The van der Waals surface area contributed by atoms with Gasteiger partial charge in [0, 0.05) is 10.6 Å². The number of carbonyl (C=O) groups is 1. The fourth-order valence-electron chi connectivity index (χ4n) is 2.62. The van der Waals surface area contributed by atoms with E-state index in [0.29, 0.717) is 5.02 Å². The van der Waals surface area contributed by atoms with Crippen molar-refractivity contribution in [3.63, 3.8) is 0 Å². The first-order valence-electron chi connectivity index (χ1n) is 8.94. The minimum atomic E-state index is -0.861. The molecular formula is C22H23ClN2O3. The molecule has 0 unspecified atom stereocenters. The van der Waals surface area contributed by atoms with Gasteiger partial charge < -0.3 is 9.47 Å². The fraction of sp³-hybridized carbons (Fsp3) is 0.273. The van der Waals surface area contributed by atoms with E-state index < -0.39 is 5.60 Å². The molecule has 0 spiro atoms. The first kappa shape index (κ1) is 20.1. The molecule has 0 atom stereocenters. The summed E-state index contributed by atoms with van der Waals surface area (Å²) in [6, 6.07) is 17.2. The summed E-state index contributed by atoms with van der Waals surface area (Å²) >= 11 is 6.03. The van der Waals surface area contributed by atoms with Crippen molar-refractivity contribution in [3.05, 3.63) is 65.3 Å². The smallest absolute Gasteiger partial charge is 0.161 e. The summed E-state index contributed by atoms with van der Waals surface area (Å²) < 4.78 is 13.0. The third-order valence-corrected chi connectivity index (χ3v) is 4.88. The second-order valence-corrected chi connectivity index (χ2v) is 7.43. The maximum absolute atomic E-state index is 11.7. The minimum absolute atomic E-state index is 0.0300. The Balaban J connectivity index is 2.02. The maximum atomic E-state index is 11.7. The van der Waals surface area contributed by atoms with Crippen LogP contribution in [0.4, 0.5) is 0 Å². The van der Waals surface area contributed by atoms with Crippen molar-refractivity contribution in [1.82, 2.24) is 9.78 Å². The molecule has 0 N–H and O–H groups in total. The highest BCUT2D eigenvalue weighted by Crippen LogP contribution is 2.28. The van der Waals surface area contributed by atoms with Gasteiger partial charge in [0.15, 0.2) is 5.78 Å². The summed E-state index contributed by atoms with van der Waals surface area (Å²) in [6.07, 6.45) is 0. The Labute approximate surface area is 169 Å². The van der Waals surface area contributed by atoms with Crippen LogP contribution in [-0.2, 0) is 16.1 Å². The normalized spacial score (nSPS) is 11.5. The van der Waals surface area contributed by atoms with Crippen molar-refractivity contribution in [2.24, 2.45) is 0 Å². The number of Topliss-reactive ketones (excluding diaryl/α,β-unsaturated/α-hetero) is 1. The molecule has 0 aliphatic heterocycles. The monoisotopic (exact) mass is 398 g/mol. The minimum Gasteiger partial charge on any atom is -0.497 e. The van der Waals surface area contributed by atoms with Crippen LogP contribution >= 0.6 is 11.6 Å². The fourth-order valence-corrected chi connectivity index (χ4v) is 2.75. The van der Waals surface area contributed by atoms with Crippen molar-refractivity contribution in [3.8, 4) is 22.7 Å². The largest absolute Gasteiger partial charge is 0.497 e. The van der Waals surface area contributed by atoms with Gasteiger partial charge in [-0.2, -0.15) is 5.10 Å². The van der Waals surface area contributed by atoms with E-state index in [-0.39, 0.29) is 12.4 Å². The average molecular weight is 399 g/mol. The van der Waals surface area contributed by atoms with E-state index in [1.54, 1.807) is 21.0 Å². The summed E-state index contributed by atoms with van der Waals surface area (Å²) in [5.41, 5.74) is 2.58. The number of rotatable bonds is 7. The van der Waals surface area contributed by atoms with E-state index in [4.69, 9.17) is 26.2 Å². The van der Waals surface area contributed by atoms with Crippen LogP contribution in [0.5, 0.6) is 5.75 Å². The standard InChI is InChI=1S/C22H23ClN2O3/c1-15(26)22(2,3)28-14-18-13-21(16-6-5-7-20(12-16)27-4)25(24-18)19-10-8-17(23)9-11-19/h5-13H,14H2,1-4H3. The summed E-state index contributed by atoms with van der Waals surface area (Å²) in [4.78, 5) is 11.7. The van der Waals surface area contributed by atoms with E-state index in [2.05, 4.69) is 0 Å². The highest BCUT2D eigenvalue weighted by molar-refractivity contribution is 6.30. The van der Waals surface area contributed by atoms with Crippen LogP contribution in [-0.4, -0.2) is 28.3 Å². The lowest BCUT2D eigenvalue weighted by Crippen LogP contribution is -2.32. The molecule has 0 aliphatic rings. The number of benzene rings is 2. The first-order valence-corrected chi connectivity index (χ1v) is 9.32. The van der Waals surface area contributed by atoms with Crippen molar-refractivity contribution in [1.29, 1.82) is 0 Å². The number of nitrogens with zero attached hydrogens (tertiary/aromatic N) is 2. The van der Waals surface area contributed by atoms with Crippen molar-refractivity contribution in [2.45, 2.75) is 33.0 Å². The number of ketones is 1. The molecular weight excluding hydrogens is 376 g/mol. The second kappa shape index (κ2) is 8.17. The lowest BCUT2D eigenvalue weighted by atomic mass is 10.1. The van der Waals surface area contributed by atoms with Gasteiger partial charge in [0.1, 0.15) is 11.4 Å². The number of methoxy groups -OCH3 is 1. The summed E-state index contributed by atoms with van der Waals surface area (Å²) in [6.45, 7) is 5.26. The Kier molecular flexibility index (Phi) is 5.87. The highest BCUT2D eigenvalue weighted by atomic mass is 35.5. The van der Waals surface area contributed by atoms with E-state index >= 15 is 0 Å². The zero-order valence-corrected chi connectivity index (χ0v) is 17.2. The van der Waals surface area contributed by atoms with Crippen LogP contribution in [0.15, 0.2) is 54.6 Å². The summed E-state index contributed by atoms with van der Waals surface area (Å²) in [5.74, 6) is 0.731. The Morgan fingerprint density at radius 1 is 1.14 bits per heavy atom. The molecule has 5 nitrogen and oxygen atoms in total. The van der Waals surface area contributed by atoms with Crippen molar-refractivity contribution >= 4 is 17.4 Å². The van der Waals surface area contributed by atoms with Crippen LogP contribution in [0.2, 0.25) is 5.02 Å². The van der Waals surface area contributed by atoms with Gasteiger partial charge in [0.2, 0.25) is 0 Å². The molecule has 0 saturated heterocycles. The van der Waals surface area contributed by atoms with Gasteiger partial charge in [0.05, 0.1) is 30.8 Å². The van der Waals surface area contributed by atoms with Crippen molar-refractivity contribution in [2.75, 3.05) is 7.11 Å². The molecule has 1 aromatic heterocycles. The number of hydrogen-bond acceptors (Lipinski definition) is 4. The third kappa shape index (κ3) is 4.43. The average Bonchev–Trinajstić information content (AvgIpc) is 3.11. The van der Waals surface area contributed by atoms with E-state index in [1.807, 2.05) is 59.3 Å². The van der Waals surface area contributed by atoms with Gasteiger partial charge in [-0.05, 0) is 63.2 Å². The van der Waals surface area contributed by atoms with Crippen LogP contribution in [0.3, 0.4) is 0 Å². The molecule has 2 aromatic carbocycles. The molecule has 3 aromatic rings. The topological polar surface area (TPSA) is 53.4 Å². The van der Waals surface area contributed by atoms with Crippen LogP contribution in [0.25, 0.3) is 16.9 Å². The van der Waals surface area contributed by atoms with Gasteiger partial charge in [-0.25, -0.2) is 4.68 Å². The van der Waals surface area contributed by atoms with E-state index in [9.17, 15) is 4.79 Å². The molecule has 0 radical (unpaired) electrons. The lowest BCUT2D eigenvalue weighted by molar-refractivity contribution is -0.139. The molecule has 0 fully saturated rings. The molecule has 0 bridgehead atoms. The van der Waals surface area contributed by atoms with Crippen LogP contribution < -0.4 is 4.74 Å². The number of aromatic nitrogens is 2. The van der Waals surface area contributed by atoms with E-state index in [0.717, 1.165) is 28.4 Å². The Bertz CT molecular complexity index is 978. The zero-order chi connectivity index (χ0) is 20.3. The van der Waals surface area contributed by atoms with Gasteiger partial charge in [-0.3, -0.25) is 4.79 Å². The maximum Gasteiger partial charge on any atom is 0.161 e. The molecule has 6 heteroatoms. The summed E-state index contributed by atoms with van der Waals surface area (Å²) in [5, 5.41) is 5.36. The van der Waals surface area contributed by atoms with Crippen LogP contribution in [0.1, 0.15) is 26.5 Å². The second-order valence-electron chi connectivity index (χ2n) is 7.00. The first-order chi connectivity index (χ1) is 13.3. The quantitative estimate of drug-likeness (QED) is 0.556. The number of carbonyl (C=O) groups excluding carboxylic acids is 1. The lowest BCUT2D eigenvalue weighted by Gasteiger charge is -2.21.